The maximum atomic E-state index is 10.6. The Balaban J connectivity index is 1.74. The lowest BCUT2D eigenvalue weighted by Gasteiger charge is -2.58. The second kappa shape index (κ2) is 3.73. The minimum atomic E-state index is -2.10. The quantitative estimate of drug-likeness (QED) is 0.759. The molecule has 1 saturated carbocycles. The van der Waals surface area contributed by atoms with Crippen molar-refractivity contribution in [3.8, 4) is 11.5 Å². The molecule has 2 fully saturated rings. The number of hydrogen-bond donors (Lipinski definition) is 2. The van der Waals surface area contributed by atoms with Gasteiger partial charge in [0, 0.05) is 21.1 Å². The third-order valence-electron chi connectivity index (χ3n) is 6.29. The molecule has 2 aliphatic heterocycles. The normalized spacial score (nSPS) is 46.0. The van der Waals surface area contributed by atoms with Crippen LogP contribution >= 0.6 is 0 Å². The summed E-state index contributed by atoms with van der Waals surface area (Å²) in [7, 11) is 0. The number of aliphatic hydroxyl groups excluding tert-OH is 1. The second-order valence-corrected chi connectivity index (χ2v) is 6.99. The fourth-order valence-electron chi connectivity index (χ4n) is 5.52. The van der Waals surface area contributed by atoms with Crippen LogP contribution in [0, 0.1) is 5.92 Å². The Bertz CT molecular complexity index is 722. The summed E-state index contributed by atoms with van der Waals surface area (Å²) in [5.41, 5.74) is 1.75. The molecule has 1 spiro atoms. The summed E-state index contributed by atoms with van der Waals surface area (Å²) in [5, 5.41) is 20.8. The summed E-state index contributed by atoms with van der Waals surface area (Å²) in [5.74, 6) is 0.792. The van der Waals surface area contributed by atoms with Gasteiger partial charge in [-0.2, -0.15) is 0 Å². The van der Waals surface area contributed by atoms with E-state index in [0.29, 0.717) is 31.6 Å². The van der Waals surface area contributed by atoms with Crippen molar-refractivity contribution in [1.29, 1.82) is 0 Å². The number of benzene rings is 1. The molecule has 21 heavy (non-hydrogen) atoms. The monoisotopic (exact) mass is 290 g/mol. The molecule has 0 aromatic heterocycles. The molecule has 4 heteroatoms. The molecule has 4 aliphatic rings. The molecule has 112 valence electrons. The smallest absolute Gasteiger partial charge is 0.165 e. The van der Waals surface area contributed by atoms with Crippen LogP contribution in [0.5, 0.6) is 11.5 Å². The van der Waals surface area contributed by atoms with E-state index in [1.165, 1.54) is 0 Å². The van der Waals surface area contributed by atoms with Crippen LogP contribution in [-0.2, 0) is 11.8 Å². The Hall–Kier alpha value is -1.26. The highest BCUT2D eigenvalue weighted by molar-refractivity contribution is 5.60. The Kier molecular flexibility index (Phi) is 1.72. The zero-order valence-corrected chi connectivity index (χ0v) is 11.7. The molecular weight excluding hydrogens is 266 g/mol. The van der Waals surface area contributed by atoms with Crippen LogP contribution in [0.4, 0.5) is 0 Å². The van der Waals surface area contributed by atoms with E-state index >= 15 is 0 Å². The van der Waals surface area contributed by atoms with Crippen molar-refractivity contribution < 1.29 is 19.1 Å². The topological polar surface area (TPSA) is 52.9 Å². The molecule has 2 heterocycles. The minimum Gasteiger partial charge on any atom is -0.504 e. The van der Waals surface area contributed by atoms with Crippen molar-refractivity contribution in [1.82, 2.24) is 4.90 Å². The van der Waals surface area contributed by atoms with Crippen LogP contribution in [0.1, 0.15) is 34.5 Å². The second-order valence-electron chi connectivity index (χ2n) is 6.99. The summed E-state index contributed by atoms with van der Waals surface area (Å²) < 4.78 is 29.8. The van der Waals surface area contributed by atoms with Gasteiger partial charge in [0.25, 0.3) is 0 Å². The van der Waals surface area contributed by atoms with E-state index in [1.54, 1.807) is 11.0 Å². The van der Waals surface area contributed by atoms with E-state index < -0.39 is 13.1 Å². The maximum Gasteiger partial charge on any atom is 0.165 e. The summed E-state index contributed by atoms with van der Waals surface area (Å²) in [6.07, 6.45) is 1.79. The van der Waals surface area contributed by atoms with Crippen molar-refractivity contribution >= 4 is 0 Å². The molecule has 0 radical (unpaired) electrons. The van der Waals surface area contributed by atoms with Crippen molar-refractivity contribution in [3.05, 3.63) is 23.3 Å². The lowest BCUT2D eigenvalue weighted by molar-refractivity contribution is -0.0993. The molecule has 1 aromatic carbocycles. The van der Waals surface area contributed by atoms with Gasteiger partial charge in [-0.15, -0.1) is 0 Å². The van der Waals surface area contributed by atoms with E-state index in [2.05, 4.69) is 0 Å². The van der Waals surface area contributed by atoms with Gasteiger partial charge in [0.15, 0.2) is 11.5 Å². The SMILES string of the molecule is [2H]C([2H])([2H])N1CC[C@]23c4c5ccc(O)c4O[C@H]2[C@@H](O)CC[C@H]3[C@H]1C5. The van der Waals surface area contributed by atoms with Gasteiger partial charge in [0.1, 0.15) is 6.10 Å². The van der Waals surface area contributed by atoms with Crippen LogP contribution in [0.25, 0.3) is 0 Å². The number of hydrogen-bond acceptors (Lipinski definition) is 4. The number of likely N-dealkylation sites (tertiary alicyclic amines) is 1. The van der Waals surface area contributed by atoms with Gasteiger partial charge in [0.2, 0.25) is 0 Å². The maximum absolute atomic E-state index is 10.6. The number of rotatable bonds is 0. The Labute approximate surface area is 128 Å². The van der Waals surface area contributed by atoms with Crippen molar-refractivity contribution in [2.75, 3.05) is 13.5 Å². The highest BCUT2D eigenvalue weighted by atomic mass is 16.5. The molecular formula is C17H21NO3. The summed E-state index contributed by atoms with van der Waals surface area (Å²) in [4.78, 5) is 1.67. The number of nitrogens with zero attached hydrogens (tertiary/aromatic N) is 1. The first-order valence-electron chi connectivity index (χ1n) is 9.31. The molecule has 2 aliphatic carbocycles. The van der Waals surface area contributed by atoms with Crippen LogP contribution < -0.4 is 4.74 Å². The molecule has 1 saturated heterocycles. The van der Waals surface area contributed by atoms with Crippen LogP contribution in [-0.4, -0.2) is 46.9 Å². The summed E-state index contributed by atoms with van der Waals surface area (Å²) in [6.45, 7) is -1.63. The van der Waals surface area contributed by atoms with Gasteiger partial charge in [0.05, 0.1) is 6.10 Å². The lowest BCUT2D eigenvalue weighted by Crippen LogP contribution is -2.66. The number of aliphatic hydroxyl groups is 1. The molecule has 2 bridgehead atoms. The number of phenolic OH excluding ortho intramolecular Hbond substituents is 1. The third kappa shape index (κ3) is 1.25. The average molecular weight is 290 g/mol. The standard InChI is InChI=1S/C17H21NO3/c1-18-7-6-17-10-3-5-13(20)16(17)21-15-12(19)4-2-9(14(15)17)8-11(10)18/h2,4,10-11,13,16,19-20H,3,5-8H2,1H3/t10-,11+,13-,16-,17-/m0/s1/i1D3. The van der Waals surface area contributed by atoms with Crippen LogP contribution in [0.15, 0.2) is 12.1 Å². The van der Waals surface area contributed by atoms with Gasteiger partial charge in [-0.05, 0) is 56.8 Å². The molecule has 5 atom stereocenters. The van der Waals surface area contributed by atoms with Gasteiger partial charge in [-0.1, -0.05) is 6.07 Å². The Morgan fingerprint density at radius 3 is 3.19 bits per heavy atom. The number of likely N-dealkylation sites (N-methyl/N-ethyl adjacent to an activating group) is 1. The molecule has 5 rings (SSSR count). The number of ether oxygens (including phenoxy) is 1. The fourth-order valence-corrected chi connectivity index (χ4v) is 5.52. The average Bonchev–Trinajstić information content (AvgIpc) is 2.85. The van der Waals surface area contributed by atoms with Crippen molar-refractivity contribution in [2.45, 2.75) is 49.3 Å². The van der Waals surface area contributed by atoms with Crippen LogP contribution in [0.2, 0.25) is 0 Å². The third-order valence-corrected chi connectivity index (χ3v) is 6.29. The number of aromatic hydroxyl groups is 1. The summed E-state index contributed by atoms with van der Waals surface area (Å²) >= 11 is 0. The molecule has 1 aromatic rings. The molecule has 0 unspecified atom stereocenters. The predicted molar refractivity (Wildman–Crippen MR) is 77.7 cm³/mol. The largest absolute Gasteiger partial charge is 0.504 e. The fraction of sp³-hybridized carbons (Fsp3) is 0.647. The highest BCUT2D eigenvalue weighted by Gasteiger charge is 2.65. The zero-order chi connectivity index (χ0) is 16.9. The van der Waals surface area contributed by atoms with Crippen LogP contribution in [0.3, 0.4) is 0 Å². The minimum absolute atomic E-state index is 0.0622. The lowest BCUT2D eigenvalue weighted by atomic mass is 9.51. The van der Waals surface area contributed by atoms with E-state index in [4.69, 9.17) is 8.85 Å². The molecule has 2 N–H and O–H groups in total. The van der Waals surface area contributed by atoms with Gasteiger partial charge in [-0.25, -0.2) is 0 Å². The zero-order valence-electron chi connectivity index (χ0n) is 14.7. The number of phenols is 1. The van der Waals surface area contributed by atoms with E-state index in [9.17, 15) is 10.2 Å². The van der Waals surface area contributed by atoms with E-state index in [1.807, 2.05) is 6.07 Å². The van der Waals surface area contributed by atoms with Gasteiger partial charge < -0.3 is 19.8 Å². The first-order valence-corrected chi connectivity index (χ1v) is 7.81. The van der Waals surface area contributed by atoms with Gasteiger partial charge >= 0.3 is 0 Å². The summed E-state index contributed by atoms with van der Waals surface area (Å²) in [6, 6.07) is 3.46. The highest BCUT2D eigenvalue weighted by Crippen LogP contribution is 2.63. The molecule has 0 amide bonds. The predicted octanol–water partition coefficient (Wildman–Crippen LogP) is 1.42. The first kappa shape index (κ1) is 9.70. The van der Waals surface area contributed by atoms with E-state index in [-0.39, 0.29) is 29.2 Å². The Morgan fingerprint density at radius 2 is 2.33 bits per heavy atom. The van der Waals surface area contributed by atoms with E-state index in [0.717, 1.165) is 17.5 Å². The number of piperidine rings is 1. The molecule has 4 nitrogen and oxygen atoms in total. The first-order chi connectivity index (χ1) is 11.3. The van der Waals surface area contributed by atoms with Crippen molar-refractivity contribution in [3.63, 3.8) is 0 Å². The van der Waals surface area contributed by atoms with Gasteiger partial charge in [-0.3, -0.25) is 0 Å². The van der Waals surface area contributed by atoms with Crippen molar-refractivity contribution in [2.24, 2.45) is 5.92 Å². The Morgan fingerprint density at radius 1 is 1.43 bits per heavy atom.